The fraction of sp³-hybridized carbons (Fsp3) is 0.333. The number of hydrogen-bond acceptors (Lipinski definition) is 3. The molecule has 4 atom stereocenters. The van der Waals surface area contributed by atoms with Gasteiger partial charge in [0.2, 0.25) is 0 Å². The monoisotopic (exact) mass is 284 g/mol. The van der Waals surface area contributed by atoms with Crippen molar-refractivity contribution in [3.8, 4) is 11.5 Å². The first-order valence-electron chi connectivity index (χ1n) is 7.29. The quantitative estimate of drug-likeness (QED) is 0.869. The number of hydrogen-bond donors (Lipinski definition) is 2. The van der Waals surface area contributed by atoms with Crippen LogP contribution in [0.15, 0.2) is 48.5 Å². The maximum Gasteiger partial charge on any atom is 0.115 e. The molecule has 1 fully saturated rings. The lowest BCUT2D eigenvalue weighted by molar-refractivity contribution is 0.0290. The SMILES string of the molecule is C[C@@H]1[C@H](C)[C@@H](c2ccc(O)cc2)O[C@@H]1c1ccc(O)cc1. The Kier molecular flexibility index (Phi) is 3.60. The van der Waals surface area contributed by atoms with Crippen LogP contribution in [0.25, 0.3) is 0 Å². The van der Waals surface area contributed by atoms with Gasteiger partial charge in [0.05, 0.1) is 12.2 Å². The second kappa shape index (κ2) is 5.41. The van der Waals surface area contributed by atoms with Gasteiger partial charge >= 0.3 is 0 Å². The first-order valence-corrected chi connectivity index (χ1v) is 7.29. The Morgan fingerprint density at radius 3 is 1.33 bits per heavy atom. The Hall–Kier alpha value is -2.00. The van der Waals surface area contributed by atoms with E-state index in [9.17, 15) is 10.2 Å². The Morgan fingerprint density at radius 2 is 1.00 bits per heavy atom. The molecule has 2 aromatic carbocycles. The maximum atomic E-state index is 9.41. The molecule has 0 radical (unpaired) electrons. The first-order chi connectivity index (χ1) is 10.1. The minimum absolute atomic E-state index is 0.0272. The molecule has 1 saturated heterocycles. The van der Waals surface area contributed by atoms with Crippen molar-refractivity contribution in [1.82, 2.24) is 0 Å². The van der Waals surface area contributed by atoms with Crippen molar-refractivity contribution in [3.05, 3.63) is 59.7 Å². The van der Waals surface area contributed by atoms with Gasteiger partial charge in [-0.2, -0.15) is 0 Å². The van der Waals surface area contributed by atoms with E-state index in [4.69, 9.17) is 4.74 Å². The lowest BCUT2D eigenvalue weighted by Crippen LogP contribution is -2.09. The summed E-state index contributed by atoms with van der Waals surface area (Å²) in [5.74, 6) is 1.31. The summed E-state index contributed by atoms with van der Waals surface area (Å²) in [5.41, 5.74) is 2.18. The Bertz CT molecular complexity index is 548. The van der Waals surface area contributed by atoms with Gasteiger partial charge in [0.25, 0.3) is 0 Å². The van der Waals surface area contributed by atoms with E-state index in [0.717, 1.165) is 11.1 Å². The van der Waals surface area contributed by atoms with Crippen molar-refractivity contribution in [1.29, 1.82) is 0 Å². The largest absolute Gasteiger partial charge is 0.508 e. The van der Waals surface area contributed by atoms with Crippen LogP contribution in [-0.2, 0) is 4.74 Å². The topological polar surface area (TPSA) is 49.7 Å². The predicted octanol–water partition coefficient (Wildman–Crippen LogP) is 4.18. The number of phenolic OH excluding ortho intramolecular Hbond substituents is 2. The minimum Gasteiger partial charge on any atom is -0.508 e. The van der Waals surface area contributed by atoms with Crippen LogP contribution in [-0.4, -0.2) is 10.2 Å². The number of aromatic hydroxyl groups is 2. The Morgan fingerprint density at radius 1 is 0.667 bits per heavy atom. The van der Waals surface area contributed by atoms with Crippen molar-refractivity contribution in [3.63, 3.8) is 0 Å². The van der Waals surface area contributed by atoms with Crippen molar-refractivity contribution >= 4 is 0 Å². The molecule has 0 unspecified atom stereocenters. The lowest BCUT2D eigenvalue weighted by atomic mass is 9.85. The van der Waals surface area contributed by atoms with E-state index < -0.39 is 0 Å². The van der Waals surface area contributed by atoms with Crippen molar-refractivity contribution in [2.45, 2.75) is 26.1 Å². The van der Waals surface area contributed by atoms with Crippen LogP contribution in [0.4, 0.5) is 0 Å². The standard InChI is InChI=1S/C18H20O3/c1-11-12(2)18(14-5-9-16(20)10-6-14)21-17(11)13-3-7-15(19)8-4-13/h3-12,17-20H,1-2H3/t11-,12+,17-,18-/m0/s1. The molecule has 1 aliphatic rings. The highest BCUT2D eigenvalue weighted by Crippen LogP contribution is 2.49. The molecule has 2 aromatic rings. The van der Waals surface area contributed by atoms with E-state index in [2.05, 4.69) is 13.8 Å². The summed E-state index contributed by atoms with van der Waals surface area (Å²) in [6.07, 6.45) is 0.0545. The van der Waals surface area contributed by atoms with Crippen LogP contribution >= 0.6 is 0 Å². The summed E-state index contributed by atoms with van der Waals surface area (Å²) in [7, 11) is 0. The summed E-state index contributed by atoms with van der Waals surface area (Å²) in [6.45, 7) is 4.39. The van der Waals surface area contributed by atoms with Crippen LogP contribution in [0.2, 0.25) is 0 Å². The summed E-state index contributed by atoms with van der Waals surface area (Å²) in [5, 5.41) is 18.8. The smallest absolute Gasteiger partial charge is 0.115 e. The Labute approximate surface area is 124 Å². The molecule has 0 aliphatic carbocycles. The molecule has 0 amide bonds. The van der Waals surface area contributed by atoms with E-state index in [0.29, 0.717) is 11.8 Å². The van der Waals surface area contributed by atoms with Crippen molar-refractivity contribution in [2.24, 2.45) is 11.8 Å². The molecule has 3 heteroatoms. The zero-order valence-corrected chi connectivity index (χ0v) is 12.2. The van der Waals surface area contributed by atoms with Crippen molar-refractivity contribution < 1.29 is 14.9 Å². The van der Waals surface area contributed by atoms with Crippen LogP contribution in [0, 0.1) is 11.8 Å². The van der Waals surface area contributed by atoms with Gasteiger partial charge in [-0.3, -0.25) is 0 Å². The normalized spacial score (nSPS) is 28.7. The molecular weight excluding hydrogens is 264 g/mol. The molecule has 2 N–H and O–H groups in total. The molecule has 0 bridgehead atoms. The molecule has 0 saturated carbocycles. The van der Waals surface area contributed by atoms with E-state index in [1.807, 2.05) is 24.3 Å². The number of phenols is 2. The molecule has 3 nitrogen and oxygen atoms in total. The highest BCUT2D eigenvalue weighted by molar-refractivity contribution is 5.31. The van der Waals surface area contributed by atoms with Gasteiger partial charge in [-0.25, -0.2) is 0 Å². The van der Waals surface area contributed by atoms with Crippen LogP contribution < -0.4 is 0 Å². The third-order valence-corrected chi connectivity index (χ3v) is 4.52. The molecular formula is C18H20O3. The number of ether oxygens (including phenoxy) is 1. The average molecular weight is 284 g/mol. The van der Waals surface area contributed by atoms with Crippen LogP contribution in [0.3, 0.4) is 0 Å². The maximum absolute atomic E-state index is 9.41. The van der Waals surface area contributed by atoms with Gasteiger partial charge in [-0.15, -0.1) is 0 Å². The second-order valence-corrected chi connectivity index (χ2v) is 5.88. The van der Waals surface area contributed by atoms with Gasteiger partial charge < -0.3 is 14.9 Å². The van der Waals surface area contributed by atoms with Crippen LogP contribution in [0.1, 0.15) is 37.2 Å². The second-order valence-electron chi connectivity index (χ2n) is 5.88. The first kappa shape index (κ1) is 14.0. The predicted molar refractivity (Wildman–Crippen MR) is 81.1 cm³/mol. The molecule has 1 aliphatic heterocycles. The highest BCUT2D eigenvalue weighted by Gasteiger charge is 2.40. The molecule has 3 rings (SSSR count). The molecule has 0 aromatic heterocycles. The zero-order chi connectivity index (χ0) is 15.0. The fourth-order valence-corrected chi connectivity index (χ4v) is 3.05. The molecule has 1 heterocycles. The van der Waals surface area contributed by atoms with Gasteiger partial charge in [0.15, 0.2) is 0 Å². The summed E-state index contributed by atoms with van der Waals surface area (Å²) < 4.78 is 6.27. The van der Waals surface area contributed by atoms with E-state index in [-0.39, 0.29) is 23.7 Å². The minimum atomic E-state index is 0.0272. The third-order valence-electron chi connectivity index (χ3n) is 4.52. The van der Waals surface area contributed by atoms with Gasteiger partial charge in [0, 0.05) is 0 Å². The third kappa shape index (κ3) is 2.61. The van der Waals surface area contributed by atoms with Gasteiger partial charge in [-0.05, 0) is 47.2 Å². The molecule has 21 heavy (non-hydrogen) atoms. The summed E-state index contributed by atoms with van der Waals surface area (Å²) in [6, 6.07) is 14.5. The van der Waals surface area contributed by atoms with Crippen LogP contribution in [0.5, 0.6) is 11.5 Å². The molecule has 0 spiro atoms. The van der Waals surface area contributed by atoms with Gasteiger partial charge in [0.1, 0.15) is 11.5 Å². The lowest BCUT2D eigenvalue weighted by Gasteiger charge is -2.16. The summed E-state index contributed by atoms with van der Waals surface area (Å²) >= 11 is 0. The summed E-state index contributed by atoms with van der Waals surface area (Å²) in [4.78, 5) is 0. The van der Waals surface area contributed by atoms with E-state index in [1.165, 1.54) is 0 Å². The van der Waals surface area contributed by atoms with Gasteiger partial charge in [-0.1, -0.05) is 38.1 Å². The number of benzene rings is 2. The molecule has 110 valence electrons. The van der Waals surface area contributed by atoms with Crippen molar-refractivity contribution in [2.75, 3.05) is 0 Å². The highest BCUT2D eigenvalue weighted by atomic mass is 16.5. The zero-order valence-electron chi connectivity index (χ0n) is 12.2. The van der Waals surface area contributed by atoms with E-state index in [1.54, 1.807) is 24.3 Å². The van der Waals surface area contributed by atoms with E-state index >= 15 is 0 Å². The Balaban J connectivity index is 1.86. The number of rotatable bonds is 2. The average Bonchev–Trinajstić information content (AvgIpc) is 2.78. The fourth-order valence-electron chi connectivity index (χ4n) is 3.05.